The van der Waals surface area contributed by atoms with E-state index in [4.69, 9.17) is 4.74 Å². The molecule has 7 nitrogen and oxygen atoms in total. The van der Waals surface area contributed by atoms with Crippen molar-refractivity contribution in [2.45, 2.75) is 25.3 Å². The summed E-state index contributed by atoms with van der Waals surface area (Å²) in [6.45, 7) is 2.66. The van der Waals surface area contributed by atoms with Crippen molar-refractivity contribution in [2.75, 3.05) is 39.1 Å². The summed E-state index contributed by atoms with van der Waals surface area (Å²) in [6, 6.07) is 17.9. The fraction of sp³-hybridized carbons (Fsp3) is 0.346. The zero-order chi connectivity index (χ0) is 23.0. The van der Waals surface area contributed by atoms with Gasteiger partial charge in [0.2, 0.25) is 5.91 Å². The predicted octanol–water partition coefficient (Wildman–Crippen LogP) is 4.07. The molecule has 3 heterocycles. The minimum atomic E-state index is 0.182. The first kappa shape index (κ1) is 22.7. The maximum Gasteiger partial charge on any atom is 0.236 e. The van der Waals surface area contributed by atoms with E-state index in [1.165, 1.54) is 0 Å². The molecule has 4 rings (SSSR count). The molecule has 7 heteroatoms. The maximum absolute atomic E-state index is 12.8. The predicted molar refractivity (Wildman–Crippen MR) is 130 cm³/mol. The SMILES string of the molecule is COc1cccc(CN(C)CC(=O)N2CCC(c3ccc(Nc4ccccn4)cn3)CC2)c1. The van der Waals surface area contributed by atoms with Crippen molar-refractivity contribution in [1.82, 2.24) is 19.8 Å². The van der Waals surface area contributed by atoms with Gasteiger partial charge in [-0.2, -0.15) is 0 Å². The largest absolute Gasteiger partial charge is 0.497 e. The molecular weight excluding hydrogens is 414 g/mol. The highest BCUT2D eigenvalue weighted by Gasteiger charge is 2.25. The summed E-state index contributed by atoms with van der Waals surface area (Å²) in [7, 11) is 3.65. The van der Waals surface area contributed by atoms with Crippen molar-refractivity contribution in [3.8, 4) is 5.75 Å². The van der Waals surface area contributed by atoms with E-state index >= 15 is 0 Å². The second-order valence-electron chi connectivity index (χ2n) is 8.49. The number of hydrogen-bond donors (Lipinski definition) is 1. The number of likely N-dealkylation sites (tertiary alicyclic amines) is 1. The minimum Gasteiger partial charge on any atom is -0.497 e. The van der Waals surface area contributed by atoms with Crippen molar-refractivity contribution in [3.63, 3.8) is 0 Å². The number of hydrogen-bond acceptors (Lipinski definition) is 6. The van der Waals surface area contributed by atoms with E-state index in [1.807, 2.05) is 60.6 Å². The summed E-state index contributed by atoms with van der Waals surface area (Å²) in [6.07, 6.45) is 5.49. The van der Waals surface area contributed by atoms with E-state index in [-0.39, 0.29) is 5.91 Å². The van der Waals surface area contributed by atoms with Crippen LogP contribution in [0, 0.1) is 0 Å². The third kappa shape index (κ3) is 6.29. The van der Waals surface area contributed by atoms with E-state index in [0.29, 0.717) is 19.0 Å². The van der Waals surface area contributed by atoms with Crippen molar-refractivity contribution >= 4 is 17.4 Å². The van der Waals surface area contributed by atoms with Crippen LogP contribution in [0.4, 0.5) is 11.5 Å². The molecule has 0 aliphatic carbocycles. The number of benzene rings is 1. The second kappa shape index (κ2) is 10.9. The highest BCUT2D eigenvalue weighted by atomic mass is 16.5. The number of amides is 1. The number of piperidine rings is 1. The summed E-state index contributed by atoms with van der Waals surface area (Å²) < 4.78 is 5.29. The highest BCUT2D eigenvalue weighted by Crippen LogP contribution is 2.27. The minimum absolute atomic E-state index is 0.182. The van der Waals surface area contributed by atoms with Gasteiger partial charge in [0.15, 0.2) is 0 Å². The lowest BCUT2D eigenvalue weighted by molar-refractivity contribution is -0.133. The van der Waals surface area contributed by atoms with Crippen LogP contribution in [0.1, 0.15) is 30.0 Å². The van der Waals surface area contributed by atoms with Gasteiger partial charge in [0.05, 0.1) is 25.5 Å². The topological polar surface area (TPSA) is 70.6 Å². The molecule has 2 aromatic heterocycles. The van der Waals surface area contributed by atoms with Crippen LogP contribution in [-0.4, -0.2) is 59.5 Å². The molecule has 0 spiro atoms. The fourth-order valence-corrected chi connectivity index (χ4v) is 4.20. The van der Waals surface area contributed by atoms with Crippen molar-refractivity contribution in [3.05, 3.63) is 78.2 Å². The Kier molecular flexibility index (Phi) is 7.52. The monoisotopic (exact) mass is 445 g/mol. The zero-order valence-electron chi connectivity index (χ0n) is 19.3. The number of ether oxygens (including phenoxy) is 1. The van der Waals surface area contributed by atoms with Crippen LogP contribution in [0.3, 0.4) is 0 Å². The molecule has 0 atom stereocenters. The van der Waals surface area contributed by atoms with Crippen LogP contribution >= 0.6 is 0 Å². The summed E-state index contributed by atoms with van der Waals surface area (Å²) >= 11 is 0. The molecule has 1 amide bonds. The summed E-state index contributed by atoms with van der Waals surface area (Å²) in [5.41, 5.74) is 3.14. The number of carbonyl (C=O) groups excluding carboxylic acids is 1. The van der Waals surface area contributed by atoms with Gasteiger partial charge in [-0.1, -0.05) is 18.2 Å². The van der Waals surface area contributed by atoms with Crippen LogP contribution < -0.4 is 10.1 Å². The first-order valence-corrected chi connectivity index (χ1v) is 11.3. The smallest absolute Gasteiger partial charge is 0.236 e. The molecule has 1 aliphatic rings. The Labute approximate surface area is 195 Å². The molecule has 1 saturated heterocycles. The molecule has 3 aromatic rings. The second-order valence-corrected chi connectivity index (χ2v) is 8.49. The quantitative estimate of drug-likeness (QED) is 0.564. The number of rotatable bonds is 8. The van der Waals surface area contributed by atoms with Gasteiger partial charge in [0, 0.05) is 37.4 Å². The van der Waals surface area contributed by atoms with E-state index in [9.17, 15) is 4.79 Å². The molecule has 33 heavy (non-hydrogen) atoms. The van der Waals surface area contributed by atoms with Gasteiger partial charge in [0.1, 0.15) is 11.6 Å². The van der Waals surface area contributed by atoms with Crippen molar-refractivity contribution in [2.24, 2.45) is 0 Å². The van der Waals surface area contributed by atoms with Gasteiger partial charge in [-0.05, 0) is 61.9 Å². The first-order valence-electron chi connectivity index (χ1n) is 11.3. The summed E-state index contributed by atoms with van der Waals surface area (Å²) in [5, 5.41) is 3.26. The van der Waals surface area contributed by atoms with Crippen LogP contribution in [0.25, 0.3) is 0 Å². The van der Waals surface area contributed by atoms with Crippen molar-refractivity contribution in [1.29, 1.82) is 0 Å². The van der Waals surface area contributed by atoms with Gasteiger partial charge >= 0.3 is 0 Å². The number of pyridine rings is 2. The molecule has 0 unspecified atom stereocenters. The third-order valence-electron chi connectivity index (χ3n) is 5.98. The molecule has 0 radical (unpaired) electrons. The Morgan fingerprint density at radius 3 is 2.67 bits per heavy atom. The molecule has 1 aromatic carbocycles. The van der Waals surface area contributed by atoms with Gasteiger partial charge in [-0.25, -0.2) is 4.98 Å². The Hall–Kier alpha value is -3.45. The van der Waals surface area contributed by atoms with Crippen molar-refractivity contribution < 1.29 is 9.53 Å². The Morgan fingerprint density at radius 1 is 1.12 bits per heavy atom. The number of anilines is 2. The molecule has 0 saturated carbocycles. The van der Waals surface area contributed by atoms with E-state index in [2.05, 4.69) is 32.3 Å². The molecule has 1 fully saturated rings. The van der Waals surface area contributed by atoms with E-state index in [0.717, 1.165) is 54.4 Å². The number of methoxy groups -OCH3 is 1. The first-order chi connectivity index (χ1) is 16.1. The summed E-state index contributed by atoms with van der Waals surface area (Å²) in [4.78, 5) is 25.8. The average molecular weight is 446 g/mol. The standard InChI is InChI=1S/C26H31N5O2/c1-30(18-20-6-5-7-23(16-20)33-2)19-26(32)31-14-11-21(12-15-31)24-10-9-22(17-28-24)29-25-8-3-4-13-27-25/h3-10,13,16-17,21H,11-12,14-15,18-19H2,1-2H3,(H,27,29). The molecular formula is C26H31N5O2. The maximum atomic E-state index is 12.8. The zero-order valence-corrected chi connectivity index (χ0v) is 19.3. The Bertz CT molecular complexity index is 1030. The van der Waals surface area contributed by atoms with Gasteiger partial charge < -0.3 is 15.0 Å². The number of likely N-dealkylation sites (N-methyl/N-ethyl adjacent to an activating group) is 1. The number of carbonyl (C=O) groups is 1. The number of aromatic nitrogens is 2. The molecule has 172 valence electrons. The van der Waals surface area contributed by atoms with Gasteiger partial charge in [-0.15, -0.1) is 0 Å². The number of nitrogens with one attached hydrogen (secondary N) is 1. The highest BCUT2D eigenvalue weighted by molar-refractivity contribution is 5.78. The lowest BCUT2D eigenvalue weighted by Gasteiger charge is -2.33. The molecule has 1 N–H and O–H groups in total. The fourth-order valence-electron chi connectivity index (χ4n) is 4.20. The Balaban J connectivity index is 1.24. The lowest BCUT2D eigenvalue weighted by Crippen LogP contribution is -2.43. The molecule has 0 bridgehead atoms. The average Bonchev–Trinajstić information content (AvgIpc) is 2.85. The lowest BCUT2D eigenvalue weighted by atomic mass is 9.93. The molecule has 1 aliphatic heterocycles. The third-order valence-corrected chi connectivity index (χ3v) is 5.98. The van der Waals surface area contributed by atoms with E-state index < -0.39 is 0 Å². The van der Waals surface area contributed by atoms with Crippen LogP contribution in [0.15, 0.2) is 67.0 Å². The normalized spacial score (nSPS) is 14.3. The van der Waals surface area contributed by atoms with Crippen LogP contribution in [0.5, 0.6) is 5.75 Å². The van der Waals surface area contributed by atoms with Crippen LogP contribution in [0.2, 0.25) is 0 Å². The summed E-state index contributed by atoms with van der Waals surface area (Å²) in [5.74, 6) is 2.20. The van der Waals surface area contributed by atoms with E-state index in [1.54, 1.807) is 13.3 Å². The number of nitrogens with zero attached hydrogens (tertiary/aromatic N) is 4. The van der Waals surface area contributed by atoms with Gasteiger partial charge in [-0.3, -0.25) is 14.7 Å². The Morgan fingerprint density at radius 2 is 1.97 bits per heavy atom. The van der Waals surface area contributed by atoms with Crippen LogP contribution in [-0.2, 0) is 11.3 Å². The van der Waals surface area contributed by atoms with Gasteiger partial charge in [0.25, 0.3) is 0 Å².